The van der Waals surface area contributed by atoms with Crippen molar-refractivity contribution in [3.05, 3.63) is 22.7 Å². The van der Waals surface area contributed by atoms with Crippen molar-refractivity contribution < 1.29 is 14.6 Å². The van der Waals surface area contributed by atoms with Gasteiger partial charge in [0.2, 0.25) is 5.89 Å². The summed E-state index contributed by atoms with van der Waals surface area (Å²) in [5.41, 5.74) is 0.175. The van der Waals surface area contributed by atoms with Crippen molar-refractivity contribution >= 4 is 18.6 Å². The second-order valence-corrected chi connectivity index (χ2v) is 7.35. The van der Waals surface area contributed by atoms with Crippen LogP contribution in [0.5, 0.6) is 0 Å². The molecule has 0 aliphatic heterocycles. The van der Waals surface area contributed by atoms with Gasteiger partial charge in [-0.05, 0) is 18.9 Å². The van der Waals surface area contributed by atoms with E-state index in [0.29, 0.717) is 5.89 Å². The van der Waals surface area contributed by atoms with Gasteiger partial charge in [-0.2, -0.15) is 0 Å². The minimum atomic E-state index is 0.175. The first-order valence-electron chi connectivity index (χ1n) is 10.9. The van der Waals surface area contributed by atoms with E-state index in [1.54, 1.807) is 6.08 Å². The van der Waals surface area contributed by atoms with Crippen LogP contribution in [0.2, 0.25) is 0 Å². The van der Waals surface area contributed by atoms with Crippen molar-refractivity contribution in [2.75, 3.05) is 0 Å². The molecule has 0 aromatic carbocycles. The number of hydrogen-bond donors (Lipinski definition) is 2. The Hall–Kier alpha value is -1.71. The van der Waals surface area contributed by atoms with Gasteiger partial charge in [0.1, 0.15) is 17.9 Å². The molecule has 1 rings (SSSR count). The molecule has 4 heteroatoms. The molecular formula is C23H39NO3. The van der Waals surface area contributed by atoms with Gasteiger partial charge in [-0.15, -0.1) is 0 Å². The van der Waals surface area contributed by atoms with Gasteiger partial charge in [-0.25, -0.2) is 4.98 Å². The number of unbranched alkanes of at least 4 members (excludes halogenated alkanes) is 14. The maximum Gasteiger partial charge on any atom is 0.219 e. The summed E-state index contributed by atoms with van der Waals surface area (Å²) >= 11 is 0. The first-order chi connectivity index (χ1) is 13.3. The Labute approximate surface area is 164 Å². The van der Waals surface area contributed by atoms with E-state index in [9.17, 15) is 0 Å². The van der Waals surface area contributed by atoms with E-state index >= 15 is 0 Å². The van der Waals surface area contributed by atoms with Crippen LogP contribution in [0.3, 0.4) is 0 Å². The summed E-state index contributed by atoms with van der Waals surface area (Å²) in [7, 11) is 0. The largest absolute Gasteiger partial charge is 0.513 e. The van der Waals surface area contributed by atoms with Crippen molar-refractivity contribution in [2.45, 2.75) is 103 Å². The first-order valence-corrected chi connectivity index (χ1v) is 10.9. The van der Waals surface area contributed by atoms with Crippen LogP contribution in [0, 0.1) is 0 Å². The third-order valence-corrected chi connectivity index (χ3v) is 4.92. The molecule has 0 unspecified atom stereocenters. The van der Waals surface area contributed by atoms with Gasteiger partial charge in [0.05, 0.1) is 0 Å². The molecule has 0 fully saturated rings. The van der Waals surface area contributed by atoms with Crippen LogP contribution in [0.4, 0.5) is 0 Å². The molecule has 0 saturated heterocycles. The molecule has 4 nitrogen and oxygen atoms in total. The van der Waals surface area contributed by atoms with Gasteiger partial charge >= 0.3 is 0 Å². The summed E-state index contributed by atoms with van der Waals surface area (Å²) in [6.45, 7) is 2.27. The molecule has 1 aromatic heterocycles. The van der Waals surface area contributed by atoms with Crippen molar-refractivity contribution in [3.63, 3.8) is 0 Å². The molecule has 2 N–H and O–H groups in total. The molecule has 0 amide bonds. The Morgan fingerprint density at radius 3 is 1.70 bits per heavy atom. The smallest absolute Gasteiger partial charge is 0.219 e. The zero-order valence-electron chi connectivity index (χ0n) is 17.2. The molecule has 1 heterocycles. The van der Waals surface area contributed by atoms with Gasteiger partial charge in [0.15, 0.2) is 5.42 Å². The minimum absolute atomic E-state index is 0.175. The summed E-state index contributed by atoms with van der Waals surface area (Å²) in [5.74, 6) is 0.404. The van der Waals surface area contributed by atoms with Crippen LogP contribution in [0.25, 0.3) is 18.6 Å². The van der Waals surface area contributed by atoms with E-state index < -0.39 is 0 Å². The highest BCUT2D eigenvalue weighted by Gasteiger charge is 1.98. The quantitative estimate of drug-likeness (QED) is 0.339. The van der Waals surface area contributed by atoms with E-state index in [1.165, 1.54) is 89.9 Å². The normalized spacial score (nSPS) is 13.2. The first kappa shape index (κ1) is 23.3. The number of aliphatic hydroxyl groups excluding tert-OH is 2. The van der Waals surface area contributed by atoms with E-state index in [2.05, 4.69) is 11.9 Å². The zero-order valence-corrected chi connectivity index (χ0v) is 17.2. The number of aliphatic hydroxyl groups is 2. The van der Waals surface area contributed by atoms with Crippen LogP contribution in [0.15, 0.2) is 10.5 Å². The van der Waals surface area contributed by atoms with E-state index in [4.69, 9.17) is 14.6 Å². The average Bonchev–Trinajstić information content (AvgIpc) is 3.10. The predicted octanol–water partition coefficient (Wildman–Crippen LogP) is 6.15. The van der Waals surface area contributed by atoms with Crippen molar-refractivity contribution in [2.24, 2.45) is 0 Å². The SMILES string of the molecule is CCCCCCCCCCCCCCCCC=Cc1nc(=CO)c(=CO)o1. The Kier molecular flexibility index (Phi) is 14.2. The fourth-order valence-corrected chi connectivity index (χ4v) is 3.26. The number of nitrogens with zero attached hydrogens (tertiary/aromatic N) is 1. The zero-order chi connectivity index (χ0) is 19.6. The van der Waals surface area contributed by atoms with Crippen LogP contribution in [-0.4, -0.2) is 15.2 Å². The monoisotopic (exact) mass is 377 g/mol. The molecule has 1 aromatic rings. The lowest BCUT2D eigenvalue weighted by atomic mass is 10.0. The molecule has 0 saturated carbocycles. The van der Waals surface area contributed by atoms with E-state index in [0.717, 1.165) is 18.9 Å². The number of aromatic nitrogens is 1. The summed E-state index contributed by atoms with van der Waals surface area (Å²) in [5, 5.41) is 18.2. The van der Waals surface area contributed by atoms with E-state index in [1.807, 2.05) is 6.08 Å². The fourth-order valence-electron chi connectivity index (χ4n) is 3.26. The lowest BCUT2D eigenvalue weighted by Gasteiger charge is -2.02. The lowest BCUT2D eigenvalue weighted by molar-refractivity contribution is 0.470. The number of allylic oxidation sites excluding steroid dienone is 1. The molecule has 0 bridgehead atoms. The molecule has 0 radical (unpaired) electrons. The van der Waals surface area contributed by atoms with Crippen molar-refractivity contribution in [3.8, 4) is 0 Å². The topological polar surface area (TPSA) is 66.5 Å². The van der Waals surface area contributed by atoms with Gasteiger partial charge in [-0.1, -0.05) is 96.5 Å². The second kappa shape index (κ2) is 16.5. The Morgan fingerprint density at radius 2 is 1.26 bits per heavy atom. The van der Waals surface area contributed by atoms with Crippen LogP contribution in [0.1, 0.15) is 109 Å². The standard InChI is InChI=1S/C23H39NO3/c1-2-3-4-5-6-7-8-9-10-11-12-13-14-15-16-17-18-23-24-21(19-25)22(20-26)27-23/h17-20,25-26H,2-16H2,1H3. The van der Waals surface area contributed by atoms with Crippen LogP contribution in [-0.2, 0) is 0 Å². The number of oxazole rings is 1. The van der Waals surface area contributed by atoms with Gasteiger partial charge in [-0.3, -0.25) is 0 Å². The van der Waals surface area contributed by atoms with Crippen LogP contribution >= 0.6 is 0 Å². The minimum Gasteiger partial charge on any atom is -0.513 e. The second-order valence-electron chi connectivity index (χ2n) is 7.35. The van der Waals surface area contributed by atoms with Gasteiger partial charge in [0.25, 0.3) is 0 Å². The summed E-state index contributed by atoms with van der Waals surface area (Å²) < 4.78 is 5.28. The highest BCUT2D eigenvalue weighted by atomic mass is 16.4. The average molecular weight is 378 g/mol. The number of rotatable bonds is 16. The molecule has 154 valence electrons. The molecular weight excluding hydrogens is 338 g/mol. The predicted molar refractivity (Wildman–Crippen MR) is 114 cm³/mol. The highest BCUT2D eigenvalue weighted by molar-refractivity contribution is 5.37. The van der Waals surface area contributed by atoms with Crippen LogP contribution < -0.4 is 10.8 Å². The summed E-state index contributed by atoms with van der Waals surface area (Å²) in [4.78, 5) is 4.06. The summed E-state index contributed by atoms with van der Waals surface area (Å²) in [6.07, 6.45) is 25.6. The Morgan fingerprint density at radius 1 is 0.741 bits per heavy atom. The summed E-state index contributed by atoms with van der Waals surface area (Å²) in [6, 6.07) is 0. The Bertz CT molecular complexity index is 572. The molecule has 0 spiro atoms. The third-order valence-electron chi connectivity index (χ3n) is 4.92. The maximum atomic E-state index is 8.97. The van der Waals surface area contributed by atoms with E-state index in [-0.39, 0.29) is 10.8 Å². The molecule has 0 atom stereocenters. The van der Waals surface area contributed by atoms with Crippen molar-refractivity contribution in [1.82, 2.24) is 4.98 Å². The number of hydrogen-bond acceptors (Lipinski definition) is 4. The molecule has 27 heavy (non-hydrogen) atoms. The third kappa shape index (κ3) is 11.6. The van der Waals surface area contributed by atoms with Gasteiger partial charge < -0.3 is 14.6 Å². The lowest BCUT2D eigenvalue weighted by Crippen LogP contribution is -2.21. The Balaban J connectivity index is 1.91. The molecule has 0 aliphatic rings. The van der Waals surface area contributed by atoms with Gasteiger partial charge in [0, 0.05) is 0 Å². The fraction of sp³-hybridized carbons (Fsp3) is 0.696. The molecule has 0 aliphatic carbocycles. The highest BCUT2D eigenvalue weighted by Crippen LogP contribution is 2.13. The maximum absolute atomic E-state index is 8.97. The van der Waals surface area contributed by atoms with Crippen molar-refractivity contribution in [1.29, 1.82) is 0 Å².